The van der Waals surface area contributed by atoms with Crippen molar-refractivity contribution in [1.82, 2.24) is 9.78 Å². The number of ketones is 1. The second kappa shape index (κ2) is 5.16. The fraction of sp³-hybridized carbons (Fsp3) is 0.636. The van der Waals surface area contributed by atoms with Crippen molar-refractivity contribution in [2.24, 2.45) is 0 Å². The first kappa shape index (κ1) is 12.5. The Morgan fingerprint density at radius 3 is 2.82 bits per heavy atom. The van der Waals surface area contributed by atoms with Crippen molar-refractivity contribution in [3.8, 4) is 0 Å². The molecule has 0 saturated carbocycles. The van der Waals surface area contributed by atoms with Crippen LogP contribution in [0.2, 0.25) is 5.02 Å². The number of halogens is 1. The van der Waals surface area contributed by atoms with Crippen LogP contribution in [0.1, 0.15) is 36.8 Å². The second-order valence-electron chi connectivity index (χ2n) is 4.18. The van der Waals surface area contributed by atoms with Crippen LogP contribution in [0.5, 0.6) is 0 Å². The third-order valence-corrected chi connectivity index (χ3v) is 2.82. The Labute approximate surface area is 105 Å². The maximum atomic E-state index is 12.1. The normalized spacial score (nSPS) is 16.9. The molecule has 2 rings (SSSR count). The quantitative estimate of drug-likeness (QED) is 0.776. The molecule has 0 radical (unpaired) electrons. The second-order valence-corrected chi connectivity index (χ2v) is 4.59. The summed E-state index contributed by atoms with van der Waals surface area (Å²) in [6, 6.07) is 0.0897. The minimum atomic E-state index is -0.450. The summed E-state index contributed by atoms with van der Waals surface area (Å²) in [6.45, 7) is 4.97. The maximum Gasteiger partial charge on any atom is 0.187 e. The Balaban J connectivity index is 2.14. The van der Waals surface area contributed by atoms with E-state index in [4.69, 9.17) is 21.1 Å². The van der Waals surface area contributed by atoms with E-state index in [1.807, 2.05) is 13.8 Å². The van der Waals surface area contributed by atoms with Crippen molar-refractivity contribution >= 4 is 17.4 Å². The molecule has 0 N–H and O–H groups in total. The van der Waals surface area contributed by atoms with E-state index in [-0.39, 0.29) is 18.2 Å². The van der Waals surface area contributed by atoms with E-state index in [9.17, 15) is 4.79 Å². The number of carbonyl (C=O) groups is 1. The Morgan fingerprint density at radius 1 is 1.59 bits per heavy atom. The van der Waals surface area contributed by atoms with Gasteiger partial charge in [-0.05, 0) is 13.8 Å². The minimum Gasteiger partial charge on any atom is -0.350 e. The molecule has 0 spiro atoms. The van der Waals surface area contributed by atoms with Gasteiger partial charge in [0, 0.05) is 6.04 Å². The number of Topliss-reactive ketones (excluding diaryl/α,β-unsaturated/α-hetero) is 1. The molecule has 0 unspecified atom stereocenters. The molecule has 0 aliphatic carbocycles. The van der Waals surface area contributed by atoms with Crippen molar-refractivity contribution in [3.05, 3.63) is 16.9 Å². The molecule has 1 fully saturated rings. The zero-order chi connectivity index (χ0) is 12.4. The average molecular weight is 259 g/mol. The number of aromatic nitrogens is 2. The number of ether oxygens (including phenoxy) is 2. The Bertz CT molecular complexity index is 411. The van der Waals surface area contributed by atoms with Gasteiger partial charge in [0.2, 0.25) is 0 Å². The van der Waals surface area contributed by atoms with Crippen LogP contribution in [0, 0.1) is 0 Å². The molecule has 1 aliphatic rings. The lowest BCUT2D eigenvalue weighted by Gasteiger charge is -2.12. The van der Waals surface area contributed by atoms with E-state index < -0.39 is 6.29 Å². The third-order valence-electron chi connectivity index (χ3n) is 2.55. The summed E-state index contributed by atoms with van der Waals surface area (Å²) in [5.41, 5.74) is 0.431. The highest BCUT2D eigenvalue weighted by molar-refractivity contribution is 6.33. The largest absolute Gasteiger partial charge is 0.350 e. The molecular weight excluding hydrogens is 244 g/mol. The highest BCUT2D eigenvalue weighted by atomic mass is 35.5. The standard InChI is InChI=1S/C11H15ClN2O3/c1-7(2)14-11(8(12)6-13-14)9(15)5-10-16-3-4-17-10/h6-7,10H,3-5H2,1-2H3. The molecule has 0 bridgehead atoms. The predicted octanol–water partition coefficient (Wildman–Crippen LogP) is 2.06. The summed E-state index contributed by atoms with van der Waals surface area (Å²) in [5.74, 6) is -0.104. The van der Waals surface area contributed by atoms with Crippen LogP contribution in [0.4, 0.5) is 0 Å². The van der Waals surface area contributed by atoms with Crippen molar-refractivity contribution in [2.75, 3.05) is 13.2 Å². The molecule has 2 heterocycles. The smallest absolute Gasteiger partial charge is 0.187 e. The zero-order valence-electron chi connectivity index (χ0n) is 9.85. The molecule has 94 valence electrons. The molecule has 5 nitrogen and oxygen atoms in total. The first-order valence-electron chi connectivity index (χ1n) is 5.59. The zero-order valence-corrected chi connectivity index (χ0v) is 10.6. The first-order valence-corrected chi connectivity index (χ1v) is 5.97. The molecule has 6 heteroatoms. The van der Waals surface area contributed by atoms with Crippen LogP contribution >= 0.6 is 11.6 Å². The topological polar surface area (TPSA) is 53.4 Å². The monoisotopic (exact) mass is 258 g/mol. The first-order chi connectivity index (χ1) is 8.09. The molecular formula is C11H15ClN2O3. The van der Waals surface area contributed by atoms with Gasteiger partial charge in [-0.3, -0.25) is 9.48 Å². The lowest BCUT2D eigenvalue weighted by molar-refractivity contribution is -0.0409. The summed E-state index contributed by atoms with van der Waals surface area (Å²) < 4.78 is 12.1. The van der Waals surface area contributed by atoms with Gasteiger partial charge in [0.15, 0.2) is 12.1 Å². The van der Waals surface area contributed by atoms with Gasteiger partial charge in [0.1, 0.15) is 5.69 Å². The maximum absolute atomic E-state index is 12.1. The average Bonchev–Trinajstić information content (AvgIpc) is 2.86. The summed E-state index contributed by atoms with van der Waals surface area (Å²) >= 11 is 5.98. The Morgan fingerprint density at radius 2 is 2.24 bits per heavy atom. The van der Waals surface area contributed by atoms with E-state index in [1.165, 1.54) is 6.20 Å². The molecule has 1 saturated heterocycles. The van der Waals surface area contributed by atoms with Gasteiger partial charge < -0.3 is 9.47 Å². The Kier molecular flexibility index (Phi) is 3.81. The molecule has 0 atom stereocenters. The lowest BCUT2D eigenvalue weighted by Crippen LogP contribution is -2.19. The number of rotatable bonds is 4. The van der Waals surface area contributed by atoms with Crippen molar-refractivity contribution < 1.29 is 14.3 Å². The van der Waals surface area contributed by atoms with Gasteiger partial charge in [-0.1, -0.05) is 11.6 Å². The van der Waals surface area contributed by atoms with Crippen molar-refractivity contribution in [2.45, 2.75) is 32.6 Å². The lowest BCUT2D eigenvalue weighted by atomic mass is 10.2. The third kappa shape index (κ3) is 2.68. The van der Waals surface area contributed by atoms with Gasteiger partial charge in [0.25, 0.3) is 0 Å². The SMILES string of the molecule is CC(C)n1ncc(Cl)c1C(=O)CC1OCCO1. The van der Waals surface area contributed by atoms with Gasteiger partial charge >= 0.3 is 0 Å². The highest BCUT2D eigenvalue weighted by Crippen LogP contribution is 2.22. The van der Waals surface area contributed by atoms with Gasteiger partial charge in [0.05, 0.1) is 30.9 Å². The van der Waals surface area contributed by atoms with Crippen LogP contribution in [0.15, 0.2) is 6.20 Å². The van der Waals surface area contributed by atoms with E-state index in [0.717, 1.165) is 0 Å². The van der Waals surface area contributed by atoms with E-state index in [1.54, 1.807) is 4.68 Å². The number of carbonyl (C=O) groups excluding carboxylic acids is 1. The number of nitrogens with zero attached hydrogens (tertiary/aromatic N) is 2. The van der Waals surface area contributed by atoms with Crippen LogP contribution in [-0.2, 0) is 9.47 Å². The number of hydrogen-bond donors (Lipinski definition) is 0. The van der Waals surface area contributed by atoms with E-state index >= 15 is 0 Å². The van der Waals surface area contributed by atoms with Gasteiger partial charge in [-0.25, -0.2) is 0 Å². The van der Waals surface area contributed by atoms with Crippen LogP contribution in [-0.4, -0.2) is 35.1 Å². The summed E-state index contributed by atoms with van der Waals surface area (Å²) in [4.78, 5) is 12.1. The fourth-order valence-electron chi connectivity index (χ4n) is 1.77. The molecule has 1 aromatic heterocycles. The van der Waals surface area contributed by atoms with Crippen LogP contribution in [0.25, 0.3) is 0 Å². The fourth-order valence-corrected chi connectivity index (χ4v) is 2.00. The number of hydrogen-bond acceptors (Lipinski definition) is 4. The summed E-state index contributed by atoms with van der Waals surface area (Å²) in [6.07, 6.45) is 1.22. The summed E-state index contributed by atoms with van der Waals surface area (Å²) in [7, 11) is 0. The van der Waals surface area contributed by atoms with Crippen molar-refractivity contribution in [3.63, 3.8) is 0 Å². The summed E-state index contributed by atoms with van der Waals surface area (Å²) in [5, 5.41) is 4.47. The predicted molar refractivity (Wildman–Crippen MR) is 62.3 cm³/mol. The highest BCUT2D eigenvalue weighted by Gasteiger charge is 2.25. The van der Waals surface area contributed by atoms with Crippen molar-refractivity contribution in [1.29, 1.82) is 0 Å². The molecule has 0 aromatic carbocycles. The van der Waals surface area contributed by atoms with E-state index in [0.29, 0.717) is 23.9 Å². The van der Waals surface area contributed by atoms with Gasteiger partial charge in [-0.15, -0.1) is 0 Å². The molecule has 1 aliphatic heterocycles. The molecule has 0 amide bonds. The van der Waals surface area contributed by atoms with E-state index in [2.05, 4.69) is 5.10 Å². The minimum absolute atomic E-state index is 0.0897. The van der Waals surface area contributed by atoms with Crippen LogP contribution in [0.3, 0.4) is 0 Å². The van der Waals surface area contributed by atoms with Gasteiger partial charge in [-0.2, -0.15) is 5.10 Å². The van der Waals surface area contributed by atoms with Crippen LogP contribution < -0.4 is 0 Å². The Hall–Kier alpha value is -0.910. The molecule has 1 aromatic rings. The molecule has 17 heavy (non-hydrogen) atoms.